The van der Waals surface area contributed by atoms with Gasteiger partial charge in [-0.2, -0.15) is 0 Å². The molecular weight excluding hydrogens is 280 g/mol. The molecule has 0 saturated heterocycles. The van der Waals surface area contributed by atoms with E-state index in [9.17, 15) is 4.79 Å². The van der Waals surface area contributed by atoms with Crippen molar-refractivity contribution in [2.24, 2.45) is 5.11 Å². The number of carbonyl (C=O) groups excluding carboxylic acids is 1. The van der Waals surface area contributed by atoms with Crippen LogP contribution in [0.2, 0.25) is 0 Å². The van der Waals surface area contributed by atoms with Crippen LogP contribution < -0.4 is 10.1 Å². The average molecular weight is 300 g/mol. The molecule has 0 saturated carbocycles. The fourth-order valence-corrected chi connectivity index (χ4v) is 3.51. The molecule has 0 fully saturated rings. The number of anilines is 1. The molecule has 22 heavy (non-hydrogen) atoms. The molecule has 0 spiro atoms. The summed E-state index contributed by atoms with van der Waals surface area (Å²) in [5.74, 6) is 0.884. The smallest absolute Gasteiger partial charge is 0.234 e. The Hall–Kier alpha value is -2.20. The zero-order valence-corrected chi connectivity index (χ0v) is 13.5. The SMILES string of the molecule is Cc1cc2c(c3c1NC(=O)C3(C)C)OC(C(C)N=[N+]=[N-])C2C. The summed E-state index contributed by atoms with van der Waals surface area (Å²) in [7, 11) is 0. The molecule has 6 nitrogen and oxygen atoms in total. The maximum atomic E-state index is 12.3. The van der Waals surface area contributed by atoms with Crippen LogP contribution in [0.4, 0.5) is 5.69 Å². The number of ether oxygens (including phenoxy) is 1. The first-order valence-corrected chi connectivity index (χ1v) is 7.49. The summed E-state index contributed by atoms with van der Waals surface area (Å²) in [4.78, 5) is 15.2. The molecule has 0 radical (unpaired) electrons. The van der Waals surface area contributed by atoms with E-state index in [1.165, 1.54) is 0 Å². The van der Waals surface area contributed by atoms with Crippen molar-refractivity contribution in [3.63, 3.8) is 0 Å². The molecule has 0 aromatic heterocycles. The fraction of sp³-hybridized carbons (Fsp3) is 0.562. The average Bonchev–Trinajstić information content (AvgIpc) is 2.88. The zero-order chi connectivity index (χ0) is 16.2. The minimum atomic E-state index is -0.623. The highest BCUT2D eigenvalue weighted by molar-refractivity contribution is 6.07. The van der Waals surface area contributed by atoms with Crippen LogP contribution in [0.1, 0.15) is 50.3 Å². The van der Waals surface area contributed by atoms with E-state index in [0.717, 1.165) is 28.1 Å². The Kier molecular flexibility index (Phi) is 3.11. The van der Waals surface area contributed by atoms with E-state index in [0.29, 0.717) is 0 Å². The van der Waals surface area contributed by atoms with Crippen molar-refractivity contribution in [3.05, 3.63) is 33.2 Å². The van der Waals surface area contributed by atoms with Crippen LogP contribution >= 0.6 is 0 Å². The van der Waals surface area contributed by atoms with Gasteiger partial charge < -0.3 is 10.1 Å². The zero-order valence-electron chi connectivity index (χ0n) is 13.5. The Bertz CT molecular complexity index is 719. The minimum absolute atomic E-state index is 0.0122. The van der Waals surface area contributed by atoms with Crippen molar-refractivity contribution in [2.75, 3.05) is 5.32 Å². The van der Waals surface area contributed by atoms with Gasteiger partial charge in [-0.3, -0.25) is 4.79 Å². The third-order valence-corrected chi connectivity index (χ3v) is 4.88. The lowest BCUT2D eigenvalue weighted by Gasteiger charge is -2.21. The first kappa shape index (κ1) is 14.7. The maximum Gasteiger partial charge on any atom is 0.234 e. The van der Waals surface area contributed by atoms with Gasteiger partial charge in [0.15, 0.2) is 0 Å². The summed E-state index contributed by atoms with van der Waals surface area (Å²) in [5, 5.41) is 6.75. The molecule has 116 valence electrons. The van der Waals surface area contributed by atoms with Crippen LogP contribution in [0.25, 0.3) is 10.4 Å². The maximum absolute atomic E-state index is 12.3. The van der Waals surface area contributed by atoms with Gasteiger partial charge in [0.2, 0.25) is 5.91 Å². The number of hydrogen-bond acceptors (Lipinski definition) is 3. The summed E-state index contributed by atoms with van der Waals surface area (Å²) in [6.45, 7) is 9.74. The number of nitrogens with one attached hydrogen (secondary N) is 1. The van der Waals surface area contributed by atoms with E-state index in [-0.39, 0.29) is 24.0 Å². The minimum Gasteiger partial charge on any atom is -0.489 e. The molecule has 3 atom stereocenters. The summed E-state index contributed by atoms with van der Waals surface area (Å²) >= 11 is 0. The molecular formula is C16H20N4O2. The lowest BCUT2D eigenvalue weighted by molar-refractivity contribution is -0.119. The van der Waals surface area contributed by atoms with Gasteiger partial charge in [-0.1, -0.05) is 19.0 Å². The molecule has 1 aromatic carbocycles. The van der Waals surface area contributed by atoms with Gasteiger partial charge in [-0.05, 0) is 37.9 Å². The number of amides is 1. The van der Waals surface area contributed by atoms with E-state index >= 15 is 0 Å². The van der Waals surface area contributed by atoms with Crippen molar-refractivity contribution < 1.29 is 9.53 Å². The Labute approximate surface area is 129 Å². The van der Waals surface area contributed by atoms with Crippen LogP contribution in [0.3, 0.4) is 0 Å². The predicted octanol–water partition coefficient (Wildman–Crippen LogP) is 3.79. The highest BCUT2D eigenvalue weighted by Crippen LogP contribution is 2.52. The van der Waals surface area contributed by atoms with Gasteiger partial charge in [-0.15, -0.1) is 0 Å². The Morgan fingerprint density at radius 3 is 2.82 bits per heavy atom. The highest BCUT2D eigenvalue weighted by atomic mass is 16.5. The number of carbonyl (C=O) groups is 1. The van der Waals surface area contributed by atoms with Crippen molar-refractivity contribution in [1.82, 2.24) is 0 Å². The first-order valence-electron chi connectivity index (χ1n) is 7.49. The second kappa shape index (κ2) is 4.65. The third kappa shape index (κ3) is 1.80. The molecule has 1 N–H and O–H groups in total. The Morgan fingerprint density at radius 1 is 1.50 bits per heavy atom. The molecule has 2 aliphatic rings. The van der Waals surface area contributed by atoms with Crippen LogP contribution in [-0.4, -0.2) is 18.1 Å². The largest absolute Gasteiger partial charge is 0.489 e. The van der Waals surface area contributed by atoms with E-state index in [1.807, 2.05) is 27.7 Å². The second-order valence-corrected chi connectivity index (χ2v) is 6.76. The van der Waals surface area contributed by atoms with Crippen molar-refractivity contribution in [2.45, 2.75) is 58.1 Å². The number of fused-ring (bicyclic) bond motifs is 3. The normalized spacial score (nSPS) is 25.6. The van der Waals surface area contributed by atoms with Gasteiger partial charge in [-0.25, -0.2) is 0 Å². The van der Waals surface area contributed by atoms with Crippen LogP contribution in [0.5, 0.6) is 5.75 Å². The summed E-state index contributed by atoms with van der Waals surface area (Å²) < 4.78 is 6.16. The van der Waals surface area contributed by atoms with Crippen molar-refractivity contribution in [3.8, 4) is 5.75 Å². The molecule has 0 bridgehead atoms. The molecule has 1 aromatic rings. The van der Waals surface area contributed by atoms with E-state index in [2.05, 4.69) is 28.3 Å². The van der Waals surface area contributed by atoms with Gasteiger partial charge in [0.25, 0.3) is 0 Å². The third-order valence-electron chi connectivity index (χ3n) is 4.88. The van der Waals surface area contributed by atoms with E-state index < -0.39 is 5.41 Å². The van der Waals surface area contributed by atoms with Gasteiger partial charge in [0.05, 0.1) is 17.1 Å². The first-order chi connectivity index (χ1) is 10.3. The molecule has 2 heterocycles. The summed E-state index contributed by atoms with van der Waals surface area (Å²) in [5.41, 5.74) is 12.0. The van der Waals surface area contributed by atoms with E-state index in [4.69, 9.17) is 10.3 Å². The summed E-state index contributed by atoms with van der Waals surface area (Å²) in [6, 6.07) is 1.81. The van der Waals surface area contributed by atoms with Gasteiger partial charge >= 0.3 is 0 Å². The molecule has 3 rings (SSSR count). The summed E-state index contributed by atoms with van der Waals surface area (Å²) in [6.07, 6.45) is -0.205. The number of aryl methyl sites for hydroxylation is 1. The lowest BCUT2D eigenvalue weighted by Crippen LogP contribution is -2.29. The topological polar surface area (TPSA) is 87.1 Å². The van der Waals surface area contributed by atoms with Crippen LogP contribution in [0.15, 0.2) is 11.2 Å². The molecule has 3 unspecified atom stereocenters. The number of benzene rings is 1. The fourth-order valence-electron chi connectivity index (χ4n) is 3.51. The second-order valence-electron chi connectivity index (χ2n) is 6.76. The van der Waals surface area contributed by atoms with Crippen molar-refractivity contribution >= 4 is 11.6 Å². The standard InChI is InChI=1S/C16H20N4O2/c1-7-6-10-8(2)13(9(3)19-20-17)22-14(10)11-12(7)18-15(21)16(11,4)5/h6,8-9,13H,1-5H3,(H,18,21). The monoisotopic (exact) mass is 300 g/mol. The van der Waals surface area contributed by atoms with Gasteiger partial charge in [0.1, 0.15) is 11.9 Å². The lowest BCUT2D eigenvalue weighted by atomic mass is 9.82. The molecule has 1 amide bonds. The molecule has 6 heteroatoms. The Balaban J connectivity index is 2.16. The molecule has 0 aliphatic carbocycles. The highest BCUT2D eigenvalue weighted by Gasteiger charge is 2.46. The van der Waals surface area contributed by atoms with Crippen LogP contribution in [0, 0.1) is 6.92 Å². The predicted molar refractivity (Wildman–Crippen MR) is 84.3 cm³/mol. The van der Waals surface area contributed by atoms with E-state index in [1.54, 1.807) is 0 Å². The number of rotatable bonds is 2. The van der Waals surface area contributed by atoms with Crippen molar-refractivity contribution in [1.29, 1.82) is 0 Å². The number of hydrogen-bond donors (Lipinski definition) is 1. The number of nitrogens with zero attached hydrogens (tertiary/aromatic N) is 3. The number of azide groups is 1. The quantitative estimate of drug-likeness (QED) is 0.511. The van der Waals surface area contributed by atoms with Crippen LogP contribution in [-0.2, 0) is 10.2 Å². The van der Waals surface area contributed by atoms with Gasteiger partial charge in [0, 0.05) is 22.0 Å². The molecule has 2 aliphatic heterocycles. The Morgan fingerprint density at radius 2 is 2.18 bits per heavy atom.